The molecule has 1 aliphatic carbocycles. The number of allylic oxidation sites excluding steroid dienone is 4. The average Bonchev–Trinajstić information content (AvgIpc) is 3.69. The first-order chi connectivity index (χ1) is 32.5. The Bertz CT molecular complexity index is 3160. The van der Waals surface area contributed by atoms with Crippen molar-refractivity contribution >= 4 is 28.1 Å². The van der Waals surface area contributed by atoms with Gasteiger partial charge in [-0.25, -0.2) is 0 Å². The highest BCUT2D eigenvalue weighted by Gasteiger charge is 2.35. The molecule has 1 aliphatic rings. The number of ketones is 1. The Hall–Kier alpha value is -8.07. The maximum atomic E-state index is 14.7. The molecule has 0 radical (unpaired) electrons. The summed E-state index contributed by atoms with van der Waals surface area (Å²) >= 11 is 0. The van der Waals surface area contributed by atoms with Gasteiger partial charge in [-0.15, -0.1) is 0 Å². The molecule has 0 saturated heterocycles. The molecule has 0 aliphatic heterocycles. The maximum Gasteiger partial charge on any atom is 0.195 e. The predicted molar refractivity (Wildman–Crippen MR) is 275 cm³/mol. The minimum absolute atomic E-state index is 0.0259. The van der Waals surface area contributed by atoms with Gasteiger partial charge in [0.15, 0.2) is 5.78 Å². The highest BCUT2D eigenvalue weighted by molar-refractivity contribution is 6.59. The number of hydrogen-bond donors (Lipinski definition) is 0. The van der Waals surface area contributed by atoms with Crippen molar-refractivity contribution in [3.8, 4) is 44.9 Å². The third-order valence-corrected chi connectivity index (χ3v) is 12.8. The number of aryl methyl sites for hydroxylation is 2. The molecular formula is C64H50O2. The summed E-state index contributed by atoms with van der Waals surface area (Å²) in [4.78, 5) is 14.7. The number of hydrogen-bond acceptors (Lipinski definition) is 2. The summed E-state index contributed by atoms with van der Waals surface area (Å²) in [5, 5.41) is 0. The van der Waals surface area contributed by atoms with Gasteiger partial charge >= 0.3 is 0 Å². The van der Waals surface area contributed by atoms with Crippen LogP contribution in [-0.4, -0.2) is 5.78 Å². The Morgan fingerprint density at radius 3 is 1.32 bits per heavy atom. The van der Waals surface area contributed by atoms with Crippen molar-refractivity contribution < 1.29 is 9.53 Å². The number of rotatable bonds is 13. The smallest absolute Gasteiger partial charge is 0.195 e. The number of carbonyl (C=O) groups excluding carboxylic acids is 1. The molecule has 2 heteroatoms. The van der Waals surface area contributed by atoms with Gasteiger partial charge in [0.1, 0.15) is 11.5 Å². The van der Waals surface area contributed by atoms with E-state index in [4.69, 9.17) is 4.74 Å². The van der Waals surface area contributed by atoms with Gasteiger partial charge in [-0.2, -0.15) is 0 Å². The summed E-state index contributed by atoms with van der Waals surface area (Å²) in [5.41, 5.74) is 18.0. The molecular weight excluding hydrogens is 801 g/mol. The lowest BCUT2D eigenvalue weighted by atomic mass is 9.89. The highest BCUT2D eigenvalue weighted by atomic mass is 16.5. The van der Waals surface area contributed by atoms with Crippen molar-refractivity contribution in [1.82, 2.24) is 0 Å². The molecule has 318 valence electrons. The summed E-state index contributed by atoms with van der Waals surface area (Å²) in [5.74, 6) is 2.00. The second kappa shape index (κ2) is 19.0. The van der Waals surface area contributed by atoms with Crippen molar-refractivity contribution in [2.45, 2.75) is 32.6 Å². The second-order valence-electron chi connectivity index (χ2n) is 17.3. The van der Waals surface area contributed by atoms with Crippen LogP contribution in [0.25, 0.3) is 55.7 Å². The lowest BCUT2D eigenvalue weighted by Gasteiger charge is -2.15. The van der Waals surface area contributed by atoms with Crippen molar-refractivity contribution in [2.24, 2.45) is 0 Å². The fraction of sp³-hybridized carbons (Fsp3) is 0.0781. The van der Waals surface area contributed by atoms with E-state index < -0.39 is 0 Å². The summed E-state index contributed by atoms with van der Waals surface area (Å²) in [7, 11) is 0. The largest absolute Gasteiger partial charge is 0.457 e. The molecule has 9 aromatic rings. The van der Waals surface area contributed by atoms with E-state index in [1.807, 2.05) is 84.9 Å². The maximum absolute atomic E-state index is 14.7. The first-order valence-electron chi connectivity index (χ1n) is 22.9. The van der Waals surface area contributed by atoms with Gasteiger partial charge in [-0.05, 0) is 123 Å². The summed E-state index contributed by atoms with van der Waals surface area (Å²) in [6.45, 7) is 4.41. The molecule has 0 saturated carbocycles. The first kappa shape index (κ1) is 41.9. The van der Waals surface area contributed by atoms with Gasteiger partial charge < -0.3 is 4.74 Å². The van der Waals surface area contributed by atoms with Gasteiger partial charge in [0.25, 0.3) is 0 Å². The van der Waals surface area contributed by atoms with Crippen molar-refractivity contribution in [1.29, 1.82) is 0 Å². The minimum Gasteiger partial charge on any atom is -0.457 e. The zero-order chi connectivity index (χ0) is 44.8. The van der Waals surface area contributed by atoms with Crippen LogP contribution >= 0.6 is 0 Å². The van der Waals surface area contributed by atoms with Crippen LogP contribution in [-0.2, 0) is 11.2 Å². The zero-order valence-electron chi connectivity index (χ0n) is 37.3. The summed E-state index contributed by atoms with van der Waals surface area (Å²) < 4.78 is 6.48. The molecule has 1 atom stereocenters. The van der Waals surface area contributed by atoms with Gasteiger partial charge in [-0.1, -0.05) is 219 Å². The van der Waals surface area contributed by atoms with Crippen LogP contribution in [0.4, 0.5) is 0 Å². The van der Waals surface area contributed by atoms with E-state index in [1.54, 1.807) is 0 Å². The fourth-order valence-corrected chi connectivity index (χ4v) is 9.22. The third kappa shape index (κ3) is 8.87. The minimum atomic E-state index is 0.0259. The lowest BCUT2D eigenvalue weighted by molar-refractivity contribution is -0.108. The van der Waals surface area contributed by atoms with Crippen LogP contribution in [0, 0.1) is 6.92 Å². The molecule has 0 N–H and O–H groups in total. The molecule has 0 heterocycles. The fourth-order valence-electron chi connectivity index (χ4n) is 9.22. The van der Waals surface area contributed by atoms with Gasteiger partial charge in [0, 0.05) is 22.3 Å². The number of benzene rings is 9. The van der Waals surface area contributed by atoms with E-state index in [1.165, 1.54) is 38.9 Å². The molecule has 0 amide bonds. The normalized spacial score (nSPS) is 13.0. The van der Waals surface area contributed by atoms with E-state index in [2.05, 4.69) is 166 Å². The monoisotopic (exact) mass is 850 g/mol. The quantitative estimate of drug-likeness (QED) is 0.116. The Balaban J connectivity index is 0.921. The van der Waals surface area contributed by atoms with Crippen LogP contribution in [0.2, 0.25) is 0 Å². The number of ether oxygens (including phenoxy) is 1. The number of Topliss-reactive ketones (excluding diaryl/α,β-unsaturated/α-hetero) is 1. The Kier molecular flexibility index (Phi) is 12.0. The molecule has 10 rings (SSSR count). The van der Waals surface area contributed by atoms with Crippen LogP contribution in [0.15, 0.2) is 237 Å². The SMILES string of the molecule is Cc1ccc(C2=C(c3ccccc3)C(=O)C(c3ccccc3)=C2c2ccc(Oc3ccc(-c4ccc(-c5ccccc5)c(-c5ccc(CCC(C)c6ccccc6)cc5)c4)cc3)cc2)cc1. The van der Waals surface area contributed by atoms with E-state index in [-0.39, 0.29) is 5.78 Å². The molecule has 0 aromatic heterocycles. The van der Waals surface area contributed by atoms with E-state index in [9.17, 15) is 4.79 Å². The molecule has 0 spiro atoms. The average molecular weight is 851 g/mol. The molecule has 66 heavy (non-hydrogen) atoms. The van der Waals surface area contributed by atoms with Crippen LogP contribution in [0.1, 0.15) is 58.2 Å². The standard InChI is InChI=1S/C64H50O2/c1-44-23-29-53(30-24-44)60-61(63(52-21-13-6-14-22-52)64(65)62(60)51-19-11-5-12-20-51)54-35-40-57(41-36-54)66-56-38-33-48(34-39-56)55-37-42-58(49-17-9-4-10-18-49)59(43-55)50-31-27-46(28-32-50)26-25-45(2)47-15-7-3-8-16-47/h3-24,27-43,45H,25-26H2,1-2H3. The summed E-state index contributed by atoms with van der Waals surface area (Å²) in [6.07, 6.45) is 2.15. The molecule has 9 aromatic carbocycles. The van der Waals surface area contributed by atoms with Gasteiger partial charge in [-0.3, -0.25) is 4.79 Å². The van der Waals surface area contributed by atoms with Crippen LogP contribution < -0.4 is 4.74 Å². The van der Waals surface area contributed by atoms with E-state index >= 15 is 0 Å². The van der Waals surface area contributed by atoms with Crippen molar-refractivity contribution in [2.75, 3.05) is 0 Å². The van der Waals surface area contributed by atoms with Crippen molar-refractivity contribution in [3.05, 3.63) is 276 Å². The summed E-state index contributed by atoms with van der Waals surface area (Å²) in [6, 6.07) is 82.4. The van der Waals surface area contributed by atoms with Gasteiger partial charge in [0.2, 0.25) is 0 Å². The molecule has 2 nitrogen and oxygen atoms in total. The Morgan fingerprint density at radius 1 is 0.379 bits per heavy atom. The first-order valence-corrected chi connectivity index (χ1v) is 22.9. The second-order valence-corrected chi connectivity index (χ2v) is 17.3. The molecule has 1 unspecified atom stereocenters. The van der Waals surface area contributed by atoms with Gasteiger partial charge in [0.05, 0.1) is 0 Å². The Morgan fingerprint density at radius 2 is 0.788 bits per heavy atom. The number of carbonyl (C=O) groups is 1. The predicted octanol–water partition coefficient (Wildman–Crippen LogP) is 16.6. The zero-order valence-corrected chi connectivity index (χ0v) is 37.3. The van der Waals surface area contributed by atoms with Crippen LogP contribution in [0.3, 0.4) is 0 Å². The van der Waals surface area contributed by atoms with Crippen LogP contribution in [0.5, 0.6) is 11.5 Å². The van der Waals surface area contributed by atoms with E-state index in [0.29, 0.717) is 22.8 Å². The highest BCUT2D eigenvalue weighted by Crippen LogP contribution is 2.50. The topological polar surface area (TPSA) is 26.3 Å². The molecule has 0 bridgehead atoms. The molecule has 0 fully saturated rings. The third-order valence-electron chi connectivity index (χ3n) is 12.8. The van der Waals surface area contributed by atoms with Crippen molar-refractivity contribution in [3.63, 3.8) is 0 Å². The Labute approximate surface area is 388 Å². The lowest BCUT2D eigenvalue weighted by Crippen LogP contribution is -2.01. The van der Waals surface area contributed by atoms with E-state index in [0.717, 1.165) is 63.1 Å².